The lowest BCUT2D eigenvalue weighted by Gasteiger charge is -2.11. The quantitative estimate of drug-likeness (QED) is 0.596. The average Bonchev–Trinajstić information content (AvgIpc) is 3.04. The molecule has 1 atom stereocenters. The van der Waals surface area contributed by atoms with Crippen LogP contribution in [0.2, 0.25) is 0 Å². The van der Waals surface area contributed by atoms with E-state index in [-0.39, 0.29) is 24.4 Å². The van der Waals surface area contributed by atoms with Crippen molar-refractivity contribution in [3.63, 3.8) is 0 Å². The lowest BCUT2D eigenvalue weighted by Crippen LogP contribution is -2.25. The van der Waals surface area contributed by atoms with Crippen molar-refractivity contribution in [3.8, 4) is 5.88 Å². The van der Waals surface area contributed by atoms with Crippen molar-refractivity contribution in [1.82, 2.24) is 10.3 Å². The van der Waals surface area contributed by atoms with Gasteiger partial charge in [-0.1, -0.05) is 0 Å². The molecule has 22 heavy (non-hydrogen) atoms. The van der Waals surface area contributed by atoms with Gasteiger partial charge in [-0.2, -0.15) is 0 Å². The number of amides is 1. The van der Waals surface area contributed by atoms with Crippen LogP contribution in [0, 0.1) is 0 Å². The Morgan fingerprint density at radius 2 is 2.32 bits per heavy atom. The Kier molecular flexibility index (Phi) is 6.14. The van der Waals surface area contributed by atoms with Crippen LogP contribution in [-0.2, 0) is 14.3 Å². The SMILES string of the molecule is COC(=O)CCCNC(=O)c1ccc(OC2CCOC2)nc1. The zero-order valence-electron chi connectivity index (χ0n) is 12.5. The number of hydrogen-bond acceptors (Lipinski definition) is 6. The van der Waals surface area contributed by atoms with E-state index < -0.39 is 0 Å². The van der Waals surface area contributed by atoms with Crippen LogP contribution in [0.3, 0.4) is 0 Å². The first-order valence-corrected chi connectivity index (χ1v) is 7.24. The number of hydrogen-bond donors (Lipinski definition) is 1. The first-order chi connectivity index (χ1) is 10.7. The summed E-state index contributed by atoms with van der Waals surface area (Å²) in [6.45, 7) is 1.69. The van der Waals surface area contributed by atoms with Gasteiger partial charge in [-0.3, -0.25) is 9.59 Å². The first kappa shape index (κ1) is 16.2. The number of aromatic nitrogens is 1. The van der Waals surface area contributed by atoms with Gasteiger partial charge in [-0.25, -0.2) is 4.98 Å². The van der Waals surface area contributed by atoms with Crippen LogP contribution in [0.4, 0.5) is 0 Å². The summed E-state index contributed by atoms with van der Waals surface area (Å²) in [7, 11) is 1.34. The molecule has 1 aromatic rings. The molecule has 0 aliphatic carbocycles. The van der Waals surface area contributed by atoms with E-state index in [1.165, 1.54) is 13.3 Å². The van der Waals surface area contributed by atoms with Crippen LogP contribution in [0.1, 0.15) is 29.6 Å². The van der Waals surface area contributed by atoms with E-state index in [0.717, 1.165) is 6.42 Å². The van der Waals surface area contributed by atoms with Crippen LogP contribution in [0.5, 0.6) is 5.88 Å². The Morgan fingerprint density at radius 1 is 1.45 bits per heavy atom. The minimum absolute atomic E-state index is 0.0329. The zero-order chi connectivity index (χ0) is 15.8. The van der Waals surface area contributed by atoms with Crippen molar-refractivity contribution < 1.29 is 23.8 Å². The van der Waals surface area contributed by atoms with Crippen LogP contribution >= 0.6 is 0 Å². The third kappa shape index (κ3) is 5.00. The van der Waals surface area contributed by atoms with Gasteiger partial charge in [0.2, 0.25) is 5.88 Å². The molecule has 7 nitrogen and oxygen atoms in total. The number of carbonyl (C=O) groups is 2. The van der Waals surface area contributed by atoms with Gasteiger partial charge in [-0.15, -0.1) is 0 Å². The van der Waals surface area contributed by atoms with Gasteiger partial charge in [-0.05, 0) is 12.5 Å². The van der Waals surface area contributed by atoms with E-state index in [1.807, 2.05) is 0 Å². The molecule has 1 N–H and O–H groups in total. The van der Waals surface area contributed by atoms with Crippen molar-refractivity contribution in [1.29, 1.82) is 0 Å². The normalized spacial score (nSPS) is 17.0. The largest absolute Gasteiger partial charge is 0.472 e. The summed E-state index contributed by atoms with van der Waals surface area (Å²) < 4.78 is 15.4. The van der Waals surface area contributed by atoms with Gasteiger partial charge in [0, 0.05) is 31.6 Å². The molecule has 7 heteroatoms. The monoisotopic (exact) mass is 308 g/mol. The van der Waals surface area contributed by atoms with Gasteiger partial charge in [0.25, 0.3) is 5.91 Å². The van der Waals surface area contributed by atoms with Crippen molar-refractivity contribution in [3.05, 3.63) is 23.9 Å². The molecule has 1 saturated heterocycles. The Balaban J connectivity index is 1.74. The third-order valence-electron chi connectivity index (χ3n) is 3.24. The molecule has 0 spiro atoms. The number of pyridine rings is 1. The minimum Gasteiger partial charge on any atom is -0.472 e. The van der Waals surface area contributed by atoms with E-state index in [4.69, 9.17) is 9.47 Å². The fourth-order valence-corrected chi connectivity index (χ4v) is 2.00. The molecule has 0 bridgehead atoms. The number of rotatable bonds is 7. The Morgan fingerprint density at radius 3 is 2.95 bits per heavy atom. The molecule has 1 amide bonds. The fourth-order valence-electron chi connectivity index (χ4n) is 2.00. The first-order valence-electron chi connectivity index (χ1n) is 7.24. The summed E-state index contributed by atoms with van der Waals surface area (Å²) >= 11 is 0. The van der Waals surface area contributed by atoms with Crippen LogP contribution in [0.15, 0.2) is 18.3 Å². The second-order valence-electron chi connectivity index (χ2n) is 4.92. The molecule has 2 heterocycles. The topological polar surface area (TPSA) is 86.8 Å². The van der Waals surface area contributed by atoms with Crippen molar-refractivity contribution in [2.24, 2.45) is 0 Å². The summed E-state index contributed by atoms with van der Waals surface area (Å²) in [5.41, 5.74) is 0.452. The molecule has 0 saturated carbocycles. The van der Waals surface area contributed by atoms with Crippen molar-refractivity contribution in [2.75, 3.05) is 26.9 Å². The highest BCUT2D eigenvalue weighted by Gasteiger charge is 2.17. The molecule has 1 unspecified atom stereocenters. The maximum Gasteiger partial charge on any atom is 0.305 e. The maximum atomic E-state index is 11.9. The molecule has 0 aromatic carbocycles. The van der Waals surface area contributed by atoms with Crippen LogP contribution < -0.4 is 10.1 Å². The summed E-state index contributed by atoms with van der Waals surface area (Å²) in [4.78, 5) is 26.9. The average molecular weight is 308 g/mol. The fraction of sp³-hybridized carbons (Fsp3) is 0.533. The maximum absolute atomic E-state index is 11.9. The lowest BCUT2D eigenvalue weighted by atomic mass is 10.2. The zero-order valence-corrected chi connectivity index (χ0v) is 12.5. The van der Waals surface area contributed by atoms with Gasteiger partial charge in [0.15, 0.2) is 0 Å². The number of carbonyl (C=O) groups excluding carboxylic acids is 2. The number of methoxy groups -OCH3 is 1. The summed E-state index contributed by atoms with van der Waals surface area (Å²) in [5.74, 6) is -0.0285. The molecule has 1 aliphatic heterocycles. The van der Waals surface area contributed by atoms with Gasteiger partial charge in [0.05, 0.1) is 25.9 Å². The van der Waals surface area contributed by atoms with Gasteiger partial charge >= 0.3 is 5.97 Å². The molecule has 1 aliphatic rings. The summed E-state index contributed by atoms with van der Waals surface area (Å²) in [5, 5.41) is 2.72. The Bertz CT molecular complexity index is 497. The van der Waals surface area contributed by atoms with Crippen molar-refractivity contribution >= 4 is 11.9 Å². The van der Waals surface area contributed by atoms with E-state index in [1.54, 1.807) is 12.1 Å². The highest BCUT2D eigenvalue weighted by molar-refractivity contribution is 5.93. The van der Waals surface area contributed by atoms with Crippen LogP contribution in [-0.4, -0.2) is 49.8 Å². The molecule has 1 aromatic heterocycles. The molecular formula is C15H20N2O5. The number of nitrogens with one attached hydrogen (secondary N) is 1. The minimum atomic E-state index is -0.284. The Hall–Kier alpha value is -2.15. The highest BCUT2D eigenvalue weighted by atomic mass is 16.5. The van der Waals surface area contributed by atoms with Crippen molar-refractivity contribution in [2.45, 2.75) is 25.4 Å². The number of nitrogens with zero attached hydrogens (tertiary/aromatic N) is 1. The smallest absolute Gasteiger partial charge is 0.305 e. The predicted molar refractivity (Wildman–Crippen MR) is 77.7 cm³/mol. The van der Waals surface area contributed by atoms with E-state index in [2.05, 4.69) is 15.0 Å². The lowest BCUT2D eigenvalue weighted by molar-refractivity contribution is -0.140. The molecule has 0 radical (unpaired) electrons. The summed E-state index contributed by atoms with van der Waals surface area (Å²) in [6, 6.07) is 3.33. The number of esters is 1. The highest BCUT2D eigenvalue weighted by Crippen LogP contribution is 2.14. The molecule has 2 rings (SSSR count). The molecule has 1 fully saturated rings. The van der Waals surface area contributed by atoms with E-state index in [0.29, 0.717) is 37.6 Å². The van der Waals surface area contributed by atoms with E-state index in [9.17, 15) is 9.59 Å². The third-order valence-corrected chi connectivity index (χ3v) is 3.24. The number of ether oxygens (including phenoxy) is 3. The summed E-state index contributed by atoms with van der Waals surface area (Å²) in [6.07, 6.45) is 3.18. The molecule has 120 valence electrons. The van der Waals surface area contributed by atoms with Gasteiger partial charge in [0.1, 0.15) is 6.10 Å². The van der Waals surface area contributed by atoms with Crippen LogP contribution in [0.25, 0.3) is 0 Å². The molecular weight excluding hydrogens is 288 g/mol. The second kappa shape index (κ2) is 8.33. The standard InChI is InChI=1S/C15H20N2O5/c1-20-14(18)3-2-7-16-15(19)11-4-5-13(17-9-11)22-12-6-8-21-10-12/h4-5,9,12H,2-3,6-8,10H2,1H3,(H,16,19). The van der Waals surface area contributed by atoms with E-state index >= 15 is 0 Å². The predicted octanol–water partition coefficient (Wildman–Crippen LogP) is 0.932. The Labute approximate surface area is 129 Å². The van der Waals surface area contributed by atoms with Gasteiger partial charge < -0.3 is 19.5 Å². The second-order valence-corrected chi connectivity index (χ2v) is 4.92.